The van der Waals surface area contributed by atoms with Crippen LogP contribution in [-0.2, 0) is 48.0 Å². The van der Waals surface area contributed by atoms with Crippen LogP contribution in [0, 0.1) is 11.3 Å². The van der Waals surface area contributed by atoms with Crippen molar-refractivity contribution in [2.24, 2.45) is 11.3 Å². The Hall–Kier alpha value is -6.13. The molecule has 0 radical (unpaired) electrons. The van der Waals surface area contributed by atoms with E-state index in [1.165, 1.54) is 16.0 Å². The Morgan fingerprint density at radius 3 is 2.55 bits per heavy atom. The van der Waals surface area contributed by atoms with Crippen LogP contribution in [0.1, 0.15) is 83.9 Å². The maximum absolute atomic E-state index is 14.7. The Bertz CT molecular complexity index is 2580. The normalized spacial score (nSPS) is 21.2. The van der Waals surface area contributed by atoms with Crippen LogP contribution in [0.2, 0.25) is 0 Å². The molecule has 1 spiro atoms. The van der Waals surface area contributed by atoms with E-state index in [-0.39, 0.29) is 37.0 Å². The average molecular weight is 916 g/mol. The molecular formula is C51H65N9O7. The second-order valence-corrected chi connectivity index (χ2v) is 19.8. The number of esters is 1. The topological polar surface area (TPSA) is 172 Å². The van der Waals surface area contributed by atoms with E-state index in [0.717, 1.165) is 45.4 Å². The summed E-state index contributed by atoms with van der Waals surface area (Å²) in [6.07, 6.45) is 5.15. The lowest BCUT2D eigenvalue weighted by molar-refractivity contribution is -0.155. The lowest BCUT2D eigenvalue weighted by atomic mass is 9.77. The van der Waals surface area contributed by atoms with Gasteiger partial charge in [0.25, 0.3) is 5.91 Å². The lowest BCUT2D eigenvalue weighted by Gasteiger charge is -2.62. The van der Waals surface area contributed by atoms with Crippen LogP contribution >= 0.6 is 0 Å². The number of methoxy groups -OCH3 is 1. The number of urea groups is 1. The zero-order valence-corrected chi connectivity index (χ0v) is 40.1. The molecule has 4 atom stereocenters. The third-order valence-corrected chi connectivity index (χ3v) is 14.1. The van der Waals surface area contributed by atoms with Gasteiger partial charge < -0.3 is 34.1 Å². The molecule has 3 saturated heterocycles. The monoisotopic (exact) mass is 916 g/mol. The molecule has 5 amide bonds. The smallest absolute Gasteiger partial charge is 0.324 e. The number of aryl methyl sites for hydroxylation is 1. The maximum Gasteiger partial charge on any atom is 0.324 e. The average Bonchev–Trinajstić information content (AvgIpc) is 3.60. The van der Waals surface area contributed by atoms with Gasteiger partial charge in [0.2, 0.25) is 11.8 Å². The van der Waals surface area contributed by atoms with Gasteiger partial charge in [-0.1, -0.05) is 46.4 Å². The fraction of sp³-hybridized carbons (Fsp3) is 0.510. The number of hydrazine groups is 1. The SMILES string of the molecule is C=CC(=O)N1CC2(CCN2C(=O)N(C)[C@H](C(=O)N[C@H]2Cc3cccc(n3)-c3ccc4c(c3)c(c(-c3cccnc3[C@H](C)OC)n4CC)CC(C)(C)COC(=O)[C@@H]3CCCN(N3)C2=O)C(C)C)C1. The van der Waals surface area contributed by atoms with Gasteiger partial charge in [-0.3, -0.25) is 34.2 Å². The summed E-state index contributed by atoms with van der Waals surface area (Å²) in [7, 11) is 3.29. The highest BCUT2D eigenvalue weighted by molar-refractivity contribution is 5.96. The van der Waals surface area contributed by atoms with Crippen molar-refractivity contribution in [3.63, 3.8) is 0 Å². The number of likely N-dealkylation sites (N-methyl/N-ethyl adjacent to an activating group) is 1. The molecule has 356 valence electrons. The molecule has 6 bridgehead atoms. The molecule has 4 aromatic rings. The number of carbonyl (C=O) groups is 5. The summed E-state index contributed by atoms with van der Waals surface area (Å²) < 4.78 is 14.3. The Morgan fingerprint density at radius 2 is 1.87 bits per heavy atom. The highest BCUT2D eigenvalue weighted by Gasteiger charge is 2.57. The van der Waals surface area contributed by atoms with Crippen LogP contribution in [0.25, 0.3) is 33.4 Å². The van der Waals surface area contributed by atoms with Crippen molar-refractivity contribution in [1.82, 2.24) is 45.0 Å². The first-order chi connectivity index (χ1) is 32.0. The minimum absolute atomic E-state index is 0.0378. The van der Waals surface area contributed by atoms with Crippen LogP contribution in [-0.4, -0.2) is 135 Å². The third-order valence-electron chi connectivity index (χ3n) is 14.1. The molecule has 2 N–H and O–H groups in total. The molecule has 0 unspecified atom stereocenters. The summed E-state index contributed by atoms with van der Waals surface area (Å²) in [6, 6.07) is 12.9. The molecule has 3 aromatic heterocycles. The van der Waals surface area contributed by atoms with Gasteiger partial charge in [-0.2, -0.15) is 0 Å². The van der Waals surface area contributed by atoms with Gasteiger partial charge in [-0.25, -0.2) is 10.2 Å². The summed E-state index contributed by atoms with van der Waals surface area (Å²) in [5.41, 5.74) is 9.27. The molecule has 7 heterocycles. The quantitative estimate of drug-likeness (QED) is 0.157. The first-order valence-corrected chi connectivity index (χ1v) is 23.6. The molecule has 0 aliphatic carbocycles. The number of likely N-dealkylation sites (tertiary alicyclic amines) is 2. The molecule has 16 heteroatoms. The molecule has 0 saturated carbocycles. The number of rotatable bonds is 9. The Morgan fingerprint density at radius 1 is 1.09 bits per heavy atom. The highest BCUT2D eigenvalue weighted by Crippen LogP contribution is 2.43. The van der Waals surface area contributed by atoms with E-state index in [9.17, 15) is 24.0 Å². The van der Waals surface area contributed by atoms with Gasteiger partial charge in [0.05, 0.1) is 35.3 Å². The second kappa shape index (κ2) is 18.9. The highest BCUT2D eigenvalue weighted by atomic mass is 16.5. The second-order valence-electron chi connectivity index (χ2n) is 19.8. The van der Waals surface area contributed by atoms with Crippen molar-refractivity contribution >= 4 is 40.6 Å². The van der Waals surface area contributed by atoms with Crippen molar-refractivity contribution in [3.05, 3.63) is 84.3 Å². The number of amides is 5. The molecular weight excluding hydrogens is 851 g/mol. The number of nitrogens with zero attached hydrogens (tertiary/aromatic N) is 7. The van der Waals surface area contributed by atoms with Crippen LogP contribution in [0.3, 0.4) is 0 Å². The van der Waals surface area contributed by atoms with Crippen molar-refractivity contribution in [2.75, 3.05) is 46.9 Å². The van der Waals surface area contributed by atoms with E-state index in [1.54, 1.807) is 30.2 Å². The zero-order chi connectivity index (χ0) is 47.9. The Kier molecular flexibility index (Phi) is 13.3. The fourth-order valence-electron chi connectivity index (χ4n) is 10.4. The summed E-state index contributed by atoms with van der Waals surface area (Å²) in [5.74, 6) is -1.89. The summed E-state index contributed by atoms with van der Waals surface area (Å²) >= 11 is 0. The first kappa shape index (κ1) is 47.4. The molecule has 4 aliphatic rings. The number of aromatic nitrogens is 3. The van der Waals surface area contributed by atoms with Crippen LogP contribution < -0.4 is 10.7 Å². The van der Waals surface area contributed by atoms with Crippen LogP contribution in [0.4, 0.5) is 4.79 Å². The van der Waals surface area contributed by atoms with Gasteiger partial charge in [-0.15, -0.1) is 0 Å². The van der Waals surface area contributed by atoms with E-state index >= 15 is 0 Å². The van der Waals surface area contributed by atoms with Gasteiger partial charge >= 0.3 is 12.0 Å². The number of ether oxygens (including phenoxy) is 2. The molecule has 1 aromatic carbocycles. The number of benzene rings is 1. The number of carbonyl (C=O) groups excluding carboxylic acids is 5. The Labute approximate surface area is 393 Å². The molecule has 3 fully saturated rings. The molecule has 67 heavy (non-hydrogen) atoms. The van der Waals surface area contributed by atoms with Crippen molar-refractivity contribution in [3.8, 4) is 22.5 Å². The minimum atomic E-state index is -1.11. The number of pyridine rings is 2. The number of cyclic esters (lactones) is 1. The summed E-state index contributed by atoms with van der Waals surface area (Å²) in [5, 5.41) is 5.50. The van der Waals surface area contributed by atoms with E-state index in [0.29, 0.717) is 63.4 Å². The third kappa shape index (κ3) is 9.05. The van der Waals surface area contributed by atoms with Crippen LogP contribution in [0.5, 0.6) is 0 Å². The Balaban J connectivity index is 1.16. The predicted molar refractivity (Wildman–Crippen MR) is 254 cm³/mol. The van der Waals surface area contributed by atoms with E-state index in [4.69, 9.17) is 19.4 Å². The van der Waals surface area contributed by atoms with Gasteiger partial charge in [0.1, 0.15) is 18.1 Å². The predicted octanol–water partition coefficient (Wildman–Crippen LogP) is 5.69. The number of hydrogen-bond acceptors (Lipinski definition) is 10. The number of fused-ring (bicyclic) bond motifs is 6. The summed E-state index contributed by atoms with van der Waals surface area (Å²) in [6.45, 7) is 18.1. The van der Waals surface area contributed by atoms with Crippen LogP contribution in [0.15, 0.2) is 67.4 Å². The summed E-state index contributed by atoms with van der Waals surface area (Å²) in [4.78, 5) is 84.4. The largest absolute Gasteiger partial charge is 0.464 e. The minimum Gasteiger partial charge on any atom is -0.464 e. The first-order valence-electron chi connectivity index (χ1n) is 23.6. The van der Waals surface area contributed by atoms with E-state index in [1.807, 2.05) is 45.0 Å². The molecule has 8 rings (SSSR count). The zero-order valence-electron chi connectivity index (χ0n) is 40.1. The lowest BCUT2D eigenvalue weighted by Crippen LogP contribution is -2.79. The van der Waals surface area contributed by atoms with Crippen molar-refractivity contribution < 1.29 is 33.4 Å². The van der Waals surface area contributed by atoms with Gasteiger partial charge in [-0.05, 0) is 93.5 Å². The molecule has 4 aliphatic heterocycles. The van der Waals surface area contributed by atoms with Gasteiger partial charge in [0.15, 0.2) is 0 Å². The van der Waals surface area contributed by atoms with E-state index < -0.39 is 46.9 Å². The van der Waals surface area contributed by atoms with Crippen molar-refractivity contribution in [2.45, 2.75) is 110 Å². The number of hydrogen-bond donors (Lipinski definition) is 2. The fourth-order valence-corrected chi connectivity index (χ4v) is 10.4. The van der Waals surface area contributed by atoms with Crippen molar-refractivity contribution in [1.29, 1.82) is 0 Å². The number of nitrogens with one attached hydrogen (secondary N) is 2. The standard InChI is InChI=1S/C51H65N9O7/c1-10-42(61)57-28-51(29-57)21-24-59(51)49(65)56(8)44(31(3)4)46(62)54-40-26-34-15-12-17-38(53-34)33-19-20-41-36(25-33)37(45(58(41)11-2)35-16-13-22-52-43(35)32(5)66-9)27-50(6,7)30-67-48(64)39-18-14-23-60(55-39)47(40)63/h10,12-13,15-17,19-20,22,25,31-32,39-40,44,55H,1,11,14,18,21,23-24,26-30H2,2-9H3,(H,54,62)/t32-,39-,40-,44-/m0/s1. The molecule has 16 nitrogen and oxygen atoms in total. The van der Waals surface area contributed by atoms with E-state index in [2.05, 4.69) is 66.9 Å². The maximum atomic E-state index is 14.7. The van der Waals surface area contributed by atoms with Gasteiger partial charge in [0, 0.05) is 92.6 Å².